The highest BCUT2D eigenvalue weighted by atomic mass is 19.4. The lowest BCUT2D eigenvalue weighted by Crippen LogP contribution is -2.31. The highest BCUT2D eigenvalue weighted by molar-refractivity contribution is 6.04. The topological polar surface area (TPSA) is 45.2 Å². The van der Waals surface area contributed by atoms with Crippen molar-refractivity contribution >= 4 is 17.3 Å². The molecule has 1 aliphatic rings. The molecule has 1 saturated heterocycles. The van der Waals surface area contributed by atoms with E-state index in [1.54, 1.807) is 0 Å². The number of amides is 1. The first-order valence-electron chi connectivity index (χ1n) is 11.2. The van der Waals surface area contributed by atoms with Crippen molar-refractivity contribution in [3.8, 4) is 0 Å². The molecule has 4 nitrogen and oxygen atoms in total. The number of carbonyl (C=O) groups is 1. The summed E-state index contributed by atoms with van der Waals surface area (Å²) in [7, 11) is 0. The van der Waals surface area contributed by atoms with Crippen molar-refractivity contribution in [2.75, 3.05) is 18.4 Å². The predicted octanol–water partition coefficient (Wildman–Crippen LogP) is 6.51. The molecule has 1 fully saturated rings. The van der Waals surface area contributed by atoms with Gasteiger partial charge in [-0.3, -0.25) is 9.78 Å². The Morgan fingerprint density at radius 1 is 1.03 bits per heavy atom. The van der Waals surface area contributed by atoms with Gasteiger partial charge in [-0.1, -0.05) is 49.0 Å². The molecule has 0 aliphatic carbocycles. The van der Waals surface area contributed by atoms with E-state index >= 15 is 0 Å². The summed E-state index contributed by atoms with van der Waals surface area (Å²) >= 11 is 0. The van der Waals surface area contributed by atoms with Crippen molar-refractivity contribution in [2.45, 2.75) is 31.9 Å². The van der Waals surface area contributed by atoms with Gasteiger partial charge in [-0.05, 0) is 60.6 Å². The third kappa shape index (κ3) is 5.30. The van der Waals surface area contributed by atoms with Crippen LogP contribution in [-0.2, 0) is 6.18 Å². The standard InChI is InChI=1S/C27H26F3N3O/c1-18-8-9-22(19(2)33-14-12-21(13-15-33)20-6-4-3-5-7-20)16-24(18)32-26(34)23-10-11-25(31-17-23)27(28,29)30/h3-11,16-17,21H,2,12-15H2,1H3,(H,32,34). The largest absolute Gasteiger partial charge is 0.433 e. The predicted molar refractivity (Wildman–Crippen MR) is 127 cm³/mol. The van der Waals surface area contributed by atoms with E-state index < -0.39 is 17.8 Å². The summed E-state index contributed by atoms with van der Waals surface area (Å²) in [6.45, 7) is 7.93. The number of carbonyl (C=O) groups excluding carboxylic acids is 1. The molecule has 1 aliphatic heterocycles. The number of nitrogens with zero attached hydrogens (tertiary/aromatic N) is 2. The van der Waals surface area contributed by atoms with Gasteiger partial charge in [0, 0.05) is 30.7 Å². The number of rotatable bonds is 5. The quantitative estimate of drug-likeness (QED) is 0.467. The maximum absolute atomic E-state index is 12.7. The van der Waals surface area contributed by atoms with E-state index in [1.807, 2.05) is 31.2 Å². The van der Waals surface area contributed by atoms with Crippen LogP contribution in [0.1, 0.15) is 51.5 Å². The summed E-state index contributed by atoms with van der Waals surface area (Å²) in [5, 5.41) is 2.79. The number of piperidine rings is 1. The van der Waals surface area contributed by atoms with Crippen LogP contribution in [0, 0.1) is 6.92 Å². The van der Waals surface area contributed by atoms with Crippen molar-refractivity contribution in [3.05, 3.63) is 101 Å². The summed E-state index contributed by atoms with van der Waals surface area (Å²) in [6.07, 6.45) is -1.53. The molecular formula is C27H26F3N3O. The third-order valence-corrected chi connectivity index (χ3v) is 6.28. The molecule has 0 bridgehead atoms. The first kappa shape index (κ1) is 23.5. The van der Waals surface area contributed by atoms with Crippen LogP contribution in [0.2, 0.25) is 0 Å². The molecule has 7 heteroatoms. The first-order chi connectivity index (χ1) is 16.2. The lowest BCUT2D eigenvalue weighted by molar-refractivity contribution is -0.141. The second-order valence-corrected chi connectivity index (χ2v) is 8.53. The van der Waals surface area contributed by atoms with Crippen LogP contribution < -0.4 is 5.32 Å². The molecule has 1 N–H and O–H groups in total. The van der Waals surface area contributed by atoms with E-state index in [2.05, 4.69) is 46.0 Å². The Morgan fingerprint density at radius 2 is 1.71 bits per heavy atom. The second kappa shape index (κ2) is 9.71. The van der Waals surface area contributed by atoms with E-state index in [0.717, 1.165) is 61.1 Å². The van der Waals surface area contributed by atoms with Crippen LogP contribution in [0.5, 0.6) is 0 Å². The van der Waals surface area contributed by atoms with Crippen LogP contribution in [0.3, 0.4) is 0 Å². The van der Waals surface area contributed by atoms with Crippen LogP contribution in [0.4, 0.5) is 18.9 Å². The number of likely N-dealkylation sites (tertiary alicyclic amines) is 1. The van der Waals surface area contributed by atoms with Crippen LogP contribution in [-0.4, -0.2) is 28.9 Å². The number of aromatic nitrogens is 1. The monoisotopic (exact) mass is 465 g/mol. The average Bonchev–Trinajstić information content (AvgIpc) is 2.85. The van der Waals surface area contributed by atoms with E-state index in [9.17, 15) is 18.0 Å². The van der Waals surface area contributed by atoms with Crippen molar-refractivity contribution in [3.63, 3.8) is 0 Å². The lowest BCUT2D eigenvalue weighted by Gasteiger charge is -2.35. The van der Waals surface area contributed by atoms with Gasteiger partial charge in [-0.2, -0.15) is 13.2 Å². The minimum absolute atomic E-state index is 0.0552. The fourth-order valence-electron chi connectivity index (χ4n) is 4.22. The molecule has 0 unspecified atom stereocenters. The highest BCUT2D eigenvalue weighted by Gasteiger charge is 2.32. The van der Waals surface area contributed by atoms with Crippen molar-refractivity contribution < 1.29 is 18.0 Å². The zero-order valence-electron chi connectivity index (χ0n) is 18.9. The SMILES string of the molecule is C=C(c1ccc(C)c(NC(=O)c2ccc(C(F)(F)F)nc2)c1)N1CCC(c2ccccc2)CC1. The van der Waals surface area contributed by atoms with Gasteiger partial charge in [-0.15, -0.1) is 0 Å². The number of hydrogen-bond acceptors (Lipinski definition) is 3. The van der Waals surface area contributed by atoms with Crippen molar-refractivity contribution in [1.82, 2.24) is 9.88 Å². The minimum Gasteiger partial charge on any atom is -0.371 e. The van der Waals surface area contributed by atoms with Crippen LogP contribution in [0.25, 0.3) is 5.70 Å². The van der Waals surface area contributed by atoms with Crippen molar-refractivity contribution in [1.29, 1.82) is 0 Å². The molecule has 34 heavy (non-hydrogen) atoms. The van der Waals surface area contributed by atoms with E-state index in [4.69, 9.17) is 0 Å². The van der Waals surface area contributed by atoms with Gasteiger partial charge in [0.25, 0.3) is 5.91 Å². The zero-order valence-corrected chi connectivity index (χ0v) is 18.9. The number of alkyl halides is 3. The summed E-state index contributed by atoms with van der Waals surface area (Å²) in [4.78, 5) is 18.2. The summed E-state index contributed by atoms with van der Waals surface area (Å²) < 4.78 is 38.2. The molecule has 2 heterocycles. The Labute approximate surface area is 197 Å². The number of anilines is 1. The Morgan fingerprint density at radius 3 is 2.32 bits per heavy atom. The van der Waals surface area contributed by atoms with Crippen LogP contribution >= 0.6 is 0 Å². The average molecular weight is 466 g/mol. The zero-order chi connectivity index (χ0) is 24.3. The van der Waals surface area contributed by atoms with Gasteiger partial charge in [0.2, 0.25) is 0 Å². The number of halogens is 3. The first-order valence-corrected chi connectivity index (χ1v) is 11.2. The molecule has 1 aromatic heterocycles. The van der Waals surface area contributed by atoms with E-state index in [0.29, 0.717) is 11.6 Å². The third-order valence-electron chi connectivity index (χ3n) is 6.28. The summed E-state index contributed by atoms with van der Waals surface area (Å²) in [6, 6.07) is 18.2. The summed E-state index contributed by atoms with van der Waals surface area (Å²) in [5.41, 5.74) is 3.60. The minimum atomic E-state index is -4.55. The molecule has 0 atom stereocenters. The molecule has 176 valence electrons. The molecule has 4 rings (SSSR count). The molecule has 1 amide bonds. The second-order valence-electron chi connectivity index (χ2n) is 8.53. The summed E-state index contributed by atoms with van der Waals surface area (Å²) in [5.74, 6) is 0.0197. The van der Waals surface area contributed by atoms with Gasteiger partial charge in [0.15, 0.2) is 0 Å². The van der Waals surface area contributed by atoms with E-state index in [1.165, 1.54) is 5.56 Å². The Bertz CT molecular complexity index is 1170. The number of nitrogens with one attached hydrogen (secondary N) is 1. The molecule has 2 aromatic carbocycles. The van der Waals surface area contributed by atoms with Crippen LogP contribution in [0.15, 0.2) is 73.4 Å². The Kier molecular flexibility index (Phi) is 6.72. The number of hydrogen-bond donors (Lipinski definition) is 1. The fourth-order valence-corrected chi connectivity index (χ4v) is 4.22. The maximum atomic E-state index is 12.7. The number of aryl methyl sites for hydroxylation is 1. The van der Waals surface area contributed by atoms with Gasteiger partial charge in [-0.25, -0.2) is 0 Å². The van der Waals surface area contributed by atoms with Gasteiger partial charge >= 0.3 is 6.18 Å². The molecule has 0 spiro atoms. The van der Waals surface area contributed by atoms with E-state index in [-0.39, 0.29) is 5.56 Å². The Balaban J connectivity index is 1.42. The molecular weight excluding hydrogens is 439 g/mol. The lowest BCUT2D eigenvalue weighted by atomic mass is 9.89. The van der Waals surface area contributed by atoms with Gasteiger partial charge in [0.05, 0.1) is 5.56 Å². The smallest absolute Gasteiger partial charge is 0.371 e. The highest BCUT2D eigenvalue weighted by Crippen LogP contribution is 2.32. The number of pyridine rings is 1. The number of benzene rings is 2. The normalized spacial score (nSPS) is 14.6. The molecule has 0 radical (unpaired) electrons. The van der Waals surface area contributed by atoms with Gasteiger partial charge < -0.3 is 10.2 Å². The fraction of sp³-hybridized carbons (Fsp3) is 0.259. The van der Waals surface area contributed by atoms with Crippen molar-refractivity contribution in [2.24, 2.45) is 0 Å². The Hall–Kier alpha value is -3.61. The molecule has 0 saturated carbocycles. The maximum Gasteiger partial charge on any atom is 0.433 e. The molecule has 3 aromatic rings. The van der Waals surface area contributed by atoms with Gasteiger partial charge in [0.1, 0.15) is 5.69 Å².